The Morgan fingerprint density at radius 3 is 2.73 bits per heavy atom. The normalized spacial score (nSPS) is 16.8. The number of fused-ring (bicyclic) bond motifs is 1. The molecule has 166 valence electrons. The lowest BCUT2D eigenvalue weighted by Gasteiger charge is -2.20. The molecule has 0 radical (unpaired) electrons. The fourth-order valence-electron chi connectivity index (χ4n) is 3.93. The molecule has 0 atom stereocenters. The highest BCUT2D eigenvalue weighted by Gasteiger charge is 2.37. The van der Waals surface area contributed by atoms with E-state index < -0.39 is 5.91 Å². The van der Waals surface area contributed by atoms with Crippen molar-refractivity contribution < 1.29 is 13.9 Å². The van der Waals surface area contributed by atoms with Gasteiger partial charge < -0.3 is 13.7 Å². The molecule has 0 fully saturated rings. The number of benzene rings is 1. The first-order valence-corrected chi connectivity index (χ1v) is 11.1. The number of aliphatic imine (C=N–C) groups is 1. The van der Waals surface area contributed by atoms with E-state index in [1.54, 1.807) is 31.6 Å². The summed E-state index contributed by atoms with van der Waals surface area (Å²) in [6.07, 6.45) is 3.26. The summed E-state index contributed by atoms with van der Waals surface area (Å²) in [7, 11) is 1.65. The van der Waals surface area contributed by atoms with E-state index in [1.165, 1.54) is 16.8 Å². The SMILES string of the molecule is COc1ccc(C)cc1-n1c(C)cc(/C=C2\C(=N)N3N=C(c4ccco4)SC3=NC2=O)c1C. The molecule has 8 nitrogen and oxygen atoms in total. The predicted molar refractivity (Wildman–Crippen MR) is 129 cm³/mol. The van der Waals surface area contributed by atoms with E-state index in [-0.39, 0.29) is 11.4 Å². The highest BCUT2D eigenvalue weighted by molar-refractivity contribution is 8.27. The van der Waals surface area contributed by atoms with Crippen LogP contribution in [-0.2, 0) is 4.79 Å². The van der Waals surface area contributed by atoms with Crippen molar-refractivity contribution in [2.45, 2.75) is 20.8 Å². The number of hydrogen-bond acceptors (Lipinski definition) is 6. The number of carbonyl (C=O) groups is 1. The highest BCUT2D eigenvalue weighted by atomic mass is 32.2. The van der Waals surface area contributed by atoms with Gasteiger partial charge in [-0.25, -0.2) is 0 Å². The molecule has 0 bridgehead atoms. The number of carbonyl (C=O) groups excluding carboxylic acids is 1. The first-order valence-electron chi connectivity index (χ1n) is 10.3. The summed E-state index contributed by atoms with van der Waals surface area (Å²) in [5.74, 6) is 0.842. The van der Waals surface area contributed by atoms with E-state index in [4.69, 9.17) is 14.6 Å². The van der Waals surface area contributed by atoms with Crippen molar-refractivity contribution in [3.63, 3.8) is 0 Å². The molecule has 4 heterocycles. The molecule has 33 heavy (non-hydrogen) atoms. The maximum absolute atomic E-state index is 12.8. The number of thioether (sulfide) groups is 1. The summed E-state index contributed by atoms with van der Waals surface area (Å²) in [4.78, 5) is 17.0. The third-order valence-corrected chi connectivity index (χ3v) is 6.45. The molecular weight excluding hydrogens is 438 g/mol. The topological polar surface area (TPSA) is 96.2 Å². The van der Waals surface area contributed by atoms with Crippen molar-refractivity contribution >= 4 is 39.8 Å². The number of ether oxygens (including phenoxy) is 1. The summed E-state index contributed by atoms with van der Waals surface area (Å²) >= 11 is 1.21. The lowest BCUT2D eigenvalue weighted by molar-refractivity contribution is -0.114. The average Bonchev–Trinajstić information content (AvgIpc) is 3.51. The summed E-state index contributed by atoms with van der Waals surface area (Å²) < 4.78 is 13.1. The van der Waals surface area contributed by atoms with Gasteiger partial charge in [-0.1, -0.05) is 6.07 Å². The zero-order valence-electron chi connectivity index (χ0n) is 18.5. The average molecular weight is 460 g/mol. The number of aryl methyl sites for hydroxylation is 2. The Labute approximate surface area is 194 Å². The molecule has 1 amide bonds. The minimum atomic E-state index is -0.465. The van der Waals surface area contributed by atoms with Gasteiger partial charge in [-0.05, 0) is 80.1 Å². The smallest absolute Gasteiger partial charge is 0.283 e. The standard InChI is InChI=1S/C24H21N5O3S/c1-13-7-8-19(31-4)18(10-13)28-14(2)11-16(15(28)3)12-17-21(25)29-24(26-22(17)30)33-23(27-29)20-6-5-9-32-20/h5-12,25H,1-4H3/b17-12+,25-21?. The van der Waals surface area contributed by atoms with Gasteiger partial charge in [-0.15, -0.1) is 0 Å². The van der Waals surface area contributed by atoms with E-state index in [2.05, 4.69) is 20.7 Å². The van der Waals surface area contributed by atoms with E-state index in [0.29, 0.717) is 16.0 Å². The number of furan rings is 1. The minimum absolute atomic E-state index is 0.0167. The molecule has 5 rings (SSSR count). The summed E-state index contributed by atoms with van der Waals surface area (Å²) in [6, 6.07) is 11.5. The highest BCUT2D eigenvalue weighted by Crippen LogP contribution is 2.33. The van der Waals surface area contributed by atoms with Gasteiger partial charge in [0.25, 0.3) is 5.91 Å². The fourth-order valence-corrected chi connectivity index (χ4v) is 4.79. The van der Waals surface area contributed by atoms with Gasteiger partial charge in [0.15, 0.2) is 16.6 Å². The van der Waals surface area contributed by atoms with Crippen molar-refractivity contribution in [1.82, 2.24) is 9.58 Å². The van der Waals surface area contributed by atoms with Crippen LogP contribution >= 0.6 is 11.8 Å². The van der Waals surface area contributed by atoms with Crippen LogP contribution in [0.1, 0.15) is 28.3 Å². The molecular formula is C24H21N5O3S. The molecule has 0 unspecified atom stereocenters. The molecule has 2 aromatic heterocycles. The maximum atomic E-state index is 12.8. The number of hydrazone groups is 1. The van der Waals surface area contributed by atoms with E-state index in [1.807, 2.05) is 39.0 Å². The fraction of sp³-hybridized carbons (Fsp3) is 0.167. The van der Waals surface area contributed by atoms with Gasteiger partial charge >= 0.3 is 0 Å². The van der Waals surface area contributed by atoms with Crippen molar-refractivity contribution in [1.29, 1.82) is 5.41 Å². The number of hydrogen-bond donors (Lipinski definition) is 1. The molecule has 9 heteroatoms. The molecule has 0 saturated heterocycles. The third kappa shape index (κ3) is 3.50. The number of amidine groups is 2. The second-order valence-electron chi connectivity index (χ2n) is 7.74. The largest absolute Gasteiger partial charge is 0.495 e. The first-order chi connectivity index (χ1) is 15.9. The van der Waals surface area contributed by atoms with Gasteiger partial charge in [0.2, 0.25) is 5.17 Å². The Bertz CT molecular complexity index is 1400. The lowest BCUT2D eigenvalue weighted by Crippen LogP contribution is -2.35. The third-order valence-electron chi connectivity index (χ3n) is 5.53. The number of aromatic nitrogens is 1. The lowest BCUT2D eigenvalue weighted by atomic mass is 10.1. The van der Waals surface area contributed by atoms with Crippen LogP contribution in [0.3, 0.4) is 0 Å². The Kier molecular flexibility index (Phi) is 5.05. The van der Waals surface area contributed by atoms with Crippen LogP contribution in [0.4, 0.5) is 0 Å². The molecule has 2 aliphatic heterocycles. The first kappa shape index (κ1) is 21.0. The molecule has 0 spiro atoms. The maximum Gasteiger partial charge on any atom is 0.283 e. The number of rotatable bonds is 4. The Morgan fingerprint density at radius 1 is 1.18 bits per heavy atom. The number of amides is 1. The van der Waals surface area contributed by atoms with Crippen molar-refractivity contribution in [3.8, 4) is 11.4 Å². The van der Waals surface area contributed by atoms with Crippen LogP contribution in [0.2, 0.25) is 0 Å². The summed E-state index contributed by atoms with van der Waals surface area (Å²) in [5.41, 5.74) is 4.95. The molecule has 1 N–H and O–H groups in total. The van der Waals surface area contributed by atoms with Crippen molar-refractivity contribution in [2.24, 2.45) is 10.1 Å². The van der Waals surface area contributed by atoms with E-state index >= 15 is 0 Å². The number of nitrogens with zero attached hydrogens (tertiary/aromatic N) is 4. The van der Waals surface area contributed by atoms with Crippen LogP contribution in [0, 0.1) is 26.2 Å². The van der Waals surface area contributed by atoms with Crippen LogP contribution in [0.25, 0.3) is 11.8 Å². The van der Waals surface area contributed by atoms with Crippen molar-refractivity contribution in [2.75, 3.05) is 7.11 Å². The van der Waals surface area contributed by atoms with Gasteiger partial charge in [0.1, 0.15) is 5.75 Å². The van der Waals surface area contributed by atoms with E-state index in [0.717, 1.165) is 34.0 Å². The summed E-state index contributed by atoms with van der Waals surface area (Å²) in [5, 5.41) is 15.3. The molecule has 2 aliphatic rings. The Hall–Kier alpha value is -3.85. The van der Waals surface area contributed by atoms with E-state index in [9.17, 15) is 4.79 Å². The van der Waals surface area contributed by atoms with Gasteiger partial charge in [0.05, 0.1) is 24.6 Å². The second-order valence-corrected chi connectivity index (χ2v) is 8.70. The minimum Gasteiger partial charge on any atom is -0.495 e. The zero-order valence-corrected chi connectivity index (χ0v) is 19.4. The summed E-state index contributed by atoms with van der Waals surface area (Å²) in [6.45, 7) is 6.01. The van der Waals surface area contributed by atoms with Crippen LogP contribution in [0.15, 0.2) is 62.7 Å². The van der Waals surface area contributed by atoms with Crippen LogP contribution in [0.5, 0.6) is 5.75 Å². The Balaban J connectivity index is 1.55. The van der Waals surface area contributed by atoms with Gasteiger partial charge in [0, 0.05) is 11.4 Å². The Morgan fingerprint density at radius 2 is 2.00 bits per heavy atom. The van der Waals surface area contributed by atoms with Crippen LogP contribution in [-0.4, -0.2) is 38.6 Å². The predicted octanol–water partition coefficient (Wildman–Crippen LogP) is 4.67. The van der Waals surface area contributed by atoms with Gasteiger partial charge in [-0.3, -0.25) is 10.2 Å². The second kappa shape index (κ2) is 7.93. The molecule has 0 saturated carbocycles. The monoisotopic (exact) mass is 459 g/mol. The number of methoxy groups -OCH3 is 1. The molecule has 1 aromatic carbocycles. The molecule has 3 aromatic rings. The quantitative estimate of drug-likeness (QED) is 0.572. The van der Waals surface area contributed by atoms with Crippen LogP contribution < -0.4 is 4.74 Å². The van der Waals surface area contributed by atoms with Gasteiger partial charge in [-0.2, -0.15) is 15.1 Å². The zero-order chi connectivity index (χ0) is 23.3. The van der Waals surface area contributed by atoms with Crippen molar-refractivity contribution in [3.05, 3.63) is 76.5 Å². The number of nitrogens with one attached hydrogen (secondary N) is 1. The molecule has 0 aliphatic carbocycles.